The van der Waals surface area contributed by atoms with E-state index in [-0.39, 0.29) is 10.8 Å². The van der Waals surface area contributed by atoms with Crippen molar-refractivity contribution in [3.05, 3.63) is 74.9 Å². The number of hydrogen-bond acceptors (Lipinski definition) is 5. The van der Waals surface area contributed by atoms with Crippen LogP contribution in [0.4, 0.5) is 5.69 Å². The van der Waals surface area contributed by atoms with Crippen molar-refractivity contribution in [2.45, 2.75) is 18.2 Å². The van der Waals surface area contributed by atoms with E-state index in [4.69, 9.17) is 16.3 Å². The Bertz CT molecular complexity index is 1130. The molecule has 2 N–H and O–H groups in total. The highest BCUT2D eigenvalue weighted by Gasteiger charge is 2.16. The Labute approximate surface area is 184 Å². The van der Waals surface area contributed by atoms with Gasteiger partial charge in [-0.25, -0.2) is 13.1 Å². The molecule has 1 amide bonds. The van der Waals surface area contributed by atoms with Crippen LogP contribution in [0.25, 0.3) is 0 Å². The van der Waals surface area contributed by atoms with E-state index in [0.29, 0.717) is 35.0 Å². The lowest BCUT2D eigenvalue weighted by Crippen LogP contribution is -2.26. The van der Waals surface area contributed by atoms with Crippen LogP contribution in [-0.2, 0) is 16.4 Å². The quantitative estimate of drug-likeness (QED) is 0.514. The number of methoxy groups -OCH3 is 1. The Morgan fingerprint density at radius 1 is 1.17 bits per heavy atom. The summed E-state index contributed by atoms with van der Waals surface area (Å²) in [6, 6.07) is 13.0. The number of aryl methyl sites for hydroxylation is 1. The van der Waals surface area contributed by atoms with Crippen LogP contribution in [0.5, 0.6) is 5.75 Å². The zero-order valence-corrected chi connectivity index (χ0v) is 18.8. The highest BCUT2D eigenvalue weighted by atomic mass is 35.5. The lowest BCUT2D eigenvalue weighted by atomic mass is 10.1. The van der Waals surface area contributed by atoms with E-state index in [0.717, 1.165) is 10.4 Å². The number of sulfonamides is 1. The largest absolute Gasteiger partial charge is 0.495 e. The first kappa shape index (κ1) is 22.3. The number of thiophene rings is 1. The molecule has 3 aromatic rings. The third kappa shape index (κ3) is 5.40. The molecular weight excluding hydrogens is 444 g/mol. The van der Waals surface area contributed by atoms with E-state index < -0.39 is 10.0 Å². The second-order valence-electron chi connectivity index (χ2n) is 6.51. The molecule has 2 aromatic carbocycles. The summed E-state index contributed by atoms with van der Waals surface area (Å²) in [6.45, 7) is 2.13. The molecule has 0 atom stereocenters. The zero-order valence-electron chi connectivity index (χ0n) is 16.4. The molecule has 9 heteroatoms. The first-order chi connectivity index (χ1) is 14.3. The van der Waals surface area contributed by atoms with Gasteiger partial charge < -0.3 is 10.1 Å². The Morgan fingerprint density at radius 2 is 1.90 bits per heavy atom. The maximum absolute atomic E-state index is 12.6. The Morgan fingerprint density at radius 3 is 2.53 bits per heavy atom. The lowest BCUT2D eigenvalue weighted by molar-refractivity contribution is 0.102. The van der Waals surface area contributed by atoms with Gasteiger partial charge in [-0.15, -0.1) is 11.3 Å². The summed E-state index contributed by atoms with van der Waals surface area (Å²) < 4.78 is 32.7. The van der Waals surface area contributed by atoms with Crippen LogP contribution in [0.3, 0.4) is 0 Å². The number of halogens is 1. The van der Waals surface area contributed by atoms with Gasteiger partial charge in [0.15, 0.2) is 0 Å². The number of hydrogen-bond donors (Lipinski definition) is 2. The molecule has 0 bridgehead atoms. The molecule has 0 aliphatic heterocycles. The van der Waals surface area contributed by atoms with E-state index in [1.807, 2.05) is 24.4 Å². The third-order valence-corrected chi connectivity index (χ3v) is 7.22. The molecule has 6 nitrogen and oxygen atoms in total. The molecule has 0 aliphatic carbocycles. The van der Waals surface area contributed by atoms with E-state index in [1.54, 1.807) is 23.5 Å². The zero-order chi connectivity index (χ0) is 21.7. The van der Waals surface area contributed by atoms with Gasteiger partial charge >= 0.3 is 0 Å². The highest BCUT2D eigenvalue weighted by molar-refractivity contribution is 7.89. The van der Waals surface area contributed by atoms with Crippen LogP contribution in [-0.4, -0.2) is 28.0 Å². The van der Waals surface area contributed by atoms with Crippen molar-refractivity contribution in [3.8, 4) is 5.75 Å². The average molecular weight is 465 g/mol. The van der Waals surface area contributed by atoms with Gasteiger partial charge in [-0.05, 0) is 60.7 Å². The first-order valence-electron chi connectivity index (χ1n) is 9.08. The second-order valence-corrected chi connectivity index (χ2v) is 9.71. The maximum Gasteiger partial charge on any atom is 0.255 e. The van der Waals surface area contributed by atoms with Crippen LogP contribution >= 0.6 is 22.9 Å². The first-order valence-corrected chi connectivity index (χ1v) is 11.8. The van der Waals surface area contributed by atoms with Gasteiger partial charge in [-0.1, -0.05) is 17.7 Å². The highest BCUT2D eigenvalue weighted by Crippen LogP contribution is 2.31. The van der Waals surface area contributed by atoms with E-state index >= 15 is 0 Å². The molecule has 3 rings (SSSR count). The Hall–Kier alpha value is -2.39. The van der Waals surface area contributed by atoms with Crippen molar-refractivity contribution >= 4 is 44.6 Å². The van der Waals surface area contributed by atoms with Crippen molar-refractivity contribution < 1.29 is 17.9 Å². The minimum absolute atomic E-state index is 0.102. The van der Waals surface area contributed by atoms with E-state index in [1.165, 1.54) is 31.4 Å². The SMILES string of the molecule is COc1cc(Cl)c(C)cc1NC(=O)c1ccc(S(=O)(=O)NCCc2cccs2)cc1. The van der Waals surface area contributed by atoms with Crippen LogP contribution in [0.15, 0.2) is 58.8 Å². The molecule has 30 heavy (non-hydrogen) atoms. The Balaban J connectivity index is 1.67. The average Bonchev–Trinajstić information content (AvgIpc) is 3.24. The van der Waals surface area contributed by atoms with Gasteiger partial charge in [0.05, 0.1) is 17.7 Å². The topological polar surface area (TPSA) is 84.5 Å². The van der Waals surface area contributed by atoms with Crippen molar-refractivity contribution in [1.82, 2.24) is 4.72 Å². The van der Waals surface area contributed by atoms with Crippen LogP contribution in [0.2, 0.25) is 5.02 Å². The number of amides is 1. The van der Waals surface area contributed by atoms with Crippen LogP contribution in [0.1, 0.15) is 20.8 Å². The summed E-state index contributed by atoms with van der Waals surface area (Å²) >= 11 is 7.67. The molecule has 0 saturated carbocycles. The predicted octanol–water partition coefficient (Wildman–Crippen LogP) is 4.49. The number of carbonyl (C=O) groups excluding carboxylic acids is 1. The maximum atomic E-state index is 12.6. The van der Waals surface area contributed by atoms with Crippen molar-refractivity contribution in [1.29, 1.82) is 0 Å². The summed E-state index contributed by atoms with van der Waals surface area (Å²) in [5.41, 5.74) is 1.60. The number of anilines is 1. The molecule has 0 radical (unpaired) electrons. The number of carbonyl (C=O) groups is 1. The van der Waals surface area contributed by atoms with Crippen molar-refractivity contribution in [3.63, 3.8) is 0 Å². The van der Waals surface area contributed by atoms with E-state index in [9.17, 15) is 13.2 Å². The summed E-state index contributed by atoms with van der Waals surface area (Å²) in [4.78, 5) is 13.8. The van der Waals surface area contributed by atoms with E-state index in [2.05, 4.69) is 10.0 Å². The summed E-state index contributed by atoms with van der Waals surface area (Å²) in [7, 11) is -2.16. The molecular formula is C21H21ClN2O4S2. The molecule has 0 spiro atoms. The summed E-state index contributed by atoms with van der Waals surface area (Å²) in [6.07, 6.45) is 0.625. The molecule has 158 valence electrons. The van der Waals surface area contributed by atoms with Crippen molar-refractivity contribution in [2.24, 2.45) is 0 Å². The molecule has 0 unspecified atom stereocenters. The summed E-state index contributed by atoms with van der Waals surface area (Å²) in [5.74, 6) is 0.0534. The number of ether oxygens (including phenoxy) is 1. The minimum Gasteiger partial charge on any atom is -0.495 e. The number of rotatable bonds is 8. The van der Waals surface area contributed by atoms with Gasteiger partial charge in [0, 0.05) is 28.1 Å². The fourth-order valence-corrected chi connectivity index (χ4v) is 4.65. The van der Waals surface area contributed by atoms with Gasteiger partial charge in [0.25, 0.3) is 5.91 Å². The smallest absolute Gasteiger partial charge is 0.255 e. The summed E-state index contributed by atoms with van der Waals surface area (Å²) in [5, 5.41) is 5.25. The number of nitrogens with one attached hydrogen (secondary N) is 2. The second kappa shape index (κ2) is 9.61. The fourth-order valence-electron chi connectivity index (χ4n) is 2.76. The molecule has 0 saturated heterocycles. The van der Waals surface area contributed by atoms with Gasteiger partial charge in [0.1, 0.15) is 5.75 Å². The predicted molar refractivity (Wildman–Crippen MR) is 120 cm³/mol. The standard InChI is InChI=1S/C21H21ClN2O4S2/c1-14-12-19(20(28-2)13-18(14)22)24-21(25)15-5-7-17(8-6-15)30(26,27)23-10-9-16-4-3-11-29-16/h3-8,11-13,23H,9-10H2,1-2H3,(H,24,25). The Kier molecular flexibility index (Phi) is 7.14. The number of benzene rings is 2. The van der Waals surface area contributed by atoms with Gasteiger partial charge in [-0.2, -0.15) is 0 Å². The normalized spacial score (nSPS) is 11.3. The van der Waals surface area contributed by atoms with Crippen molar-refractivity contribution in [2.75, 3.05) is 19.0 Å². The fraction of sp³-hybridized carbons (Fsp3) is 0.190. The van der Waals surface area contributed by atoms with Crippen LogP contribution < -0.4 is 14.8 Å². The van der Waals surface area contributed by atoms with Gasteiger partial charge in [0.2, 0.25) is 10.0 Å². The van der Waals surface area contributed by atoms with Gasteiger partial charge in [-0.3, -0.25) is 4.79 Å². The molecule has 0 aliphatic rings. The monoisotopic (exact) mass is 464 g/mol. The molecule has 1 aromatic heterocycles. The third-order valence-electron chi connectivity index (χ3n) is 4.40. The molecule has 0 fully saturated rings. The minimum atomic E-state index is -3.65. The van der Waals surface area contributed by atoms with Crippen LogP contribution in [0, 0.1) is 6.92 Å². The lowest BCUT2D eigenvalue weighted by Gasteiger charge is -2.12. The molecule has 1 heterocycles.